The highest BCUT2D eigenvalue weighted by Gasteiger charge is 1.87. The van der Waals surface area contributed by atoms with E-state index in [1.54, 1.807) is 0 Å². The third kappa shape index (κ3) is 4.75. The maximum atomic E-state index is 11.2. The highest BCUT2D eigenvalue weighted by molar-refractivity contribution is 8.10. The molecule has 0 spiro atoms. The van der Waals surface area contributed by atoms with Crippen molar-refractivity contribution in [1.82, 2.24) is 0 Å². The Kier molecular flexibility index (Phi) is 3.40. The normalized spacial score (nSPS) is 15.0. The van der Waals surface area contributed by atoms with Crippen LogP contribution in [0.25, 0.3) is 0 Å². The fourth-order valence-corrected chi connectivity index (χ4v) is 0. The number of halogens is 1. The van der Waals surface area contributed by atoms with Crippen molar-refractivity contribution in [2.45, 2.75) is 0 Å². The Morgan fingerprint density at radius 2 is 2.20 bits per heavy atom. The van der Waals surface area contributed by atoms with Gasteiger partial charge in [-0.3, -0.25) is 0 Å². The molecule has 0 radical (unpaired) electrons. The van der Waals surface area contributed by atoms with Crippen LogP contribution >= 0.6 is 16.8 Å². The zero-order chi connectivity index (χ0) is 4.28. The Balaban J connectivity index is 2.54. The molecule has 0 saturated carbocycles. The van der Waals surface area contributed by atoms with Crippen molar-refractivity contribution < 1.29 is 9.30 Å². The highest BCUT2D eigenvalue weighted by atomic mass is 32.0. The second-order valence-electron chi connectivity index (χ2n) is 0.541. The van der Waals surface area contributed by atoms with Gasteiger partial charge in [-0.15, -0.1) is 0 Å². The van der Waals surface area contributed by atoms with E-state index < -0.39 is 7.92 Å². The van der Waals surface area contributed by atoms with Crippen LogP contribution in [-0.4, -0.2) is 11.5 Å². The van der Waals surface area contributed by atoms with Crippen molar-refractivity contribution in [3.05, 3.63) is 0 Å². The van der Waals surface area contributed by atoms with Gasteiger partial charge in [-0.05, 0) is 0 Å². The number of aliphatic hydroxyl groups excluding tert-OH is 1. The average molecular weight is 114 g/mol. The summed E-state index contributed by atoms with van der Waals surface area (Å²) in [6, 6.07) is 0. The van der Waals surface area contributed by atoms with Crippen LogP contribution in [0.4, 0.5) is 4.20 Å². The lowest BCUT2D eigenvalue weighted by molar-refractivity contribution is 0.367. The quantitative estimate of drug-likeness (QED) is 0.506. The summed E-state index contributed by atoms with van der Waals surface area (Å²) < 4.78 is 11.2. The SMILES string of the molecule is OCP(F)P. The van der Waals surface area contributed by atoms with Crippen molar-refractivity contribution >= 4 is 16.8 Å². The molecule has 2 atom stereocenters. The topological polar surface area (TPSA) is 20.2 Å². The maximum absolute atomic E-state index is 11.2. The Morgan fingerprint density at radius 1 is 2.00 bits per heavy atom. The Labute approximate surface area is 33.5 Å². The molecule has 0 rings (SSSR count). The molecular formula is CH5FOP2. The van der Waals surface area contributed by atoms with Gasteiger partial charge in [-0.1, -0.05) is 8.93 Å². The van der Waals surface area contributed by atoms with Crippen LogP contribution in [0.5, 0.6) is 0 Å². The van der Waals surface area contributed by atoms with E-state index in [1.165, 1.54) is 0 Å². The number of hydrogen-bond donors (Lipinski definition) is 1. The van der Waals surface area contributed by atoms with Crippen molar-refractivity contribution in [2.24, 2.45) is 0 Å². The number of hydrogen-bond acceptors (Lipinski definition) is 1. The van der Waals surface area contributed by atoms with Gasteiger partial charge in [-0.2, -0.15) is 0 Å². The monoisotopic (exact) mass is 114 g/mol. The van der Waals surface area contributed by atoms with Crippen molar-refractivity contribution in [1.29, 1.82) is 0 Å². The van der Waals surface area contributed by atoms with E-state index in [1.807, 2.05) is 8.93 Å². The van der Waals surface area contributed by atoms with Crippen LogP contribution < -0.4 is 0 Å². The summed E-state index contributed by atoms with van der Waals surface area (Å²) in [7, 11) is 0.256. The molecule has 5 heavy (non-hydrogen) atoms. The van der Waals surface area contributed by atoms with E-state index in [9.17, 15) is 4.20 Å². The summed E-state index contributed by atoms with van der Waals surface area (Å²) in [6.45, 7) is 0. The Hall–Kier alpha value is 0.750. The number of aliphatic hydroxyl groups is 1. The third-order valence-corrected chi connectivity index (χ3v) is 0.895. The van der Waals surface area contributed by atoms with Gasteiger partial charge in [0.25, 0.3) is 0 Å². The molecule has 0 aromatic carbocycles. The minimum atomic E-state index is -1.63. The summed E-state index contributed by atoms with van der Waals surface area (Å²) in [5.41, 5.74) is 0. The molecule has 1 N–H and O–H groups in total. The predicted molar refractivity (Wildman–Crippen MR) is 24.8 cm³/mol. The van der Waals surface area contributed by atoms with Crippen molar-refractivity contribution in [3.63, 3.8) is 0 Å². The van der Waals surface area contributed by atoms with Crippen LogP contribution in [-0.2, 0) is 0 Å². The minimum absolute atomic E-state index is 0.333. The molecule has 0 heterocycles. The lowest BCUT2D eigenvalue weighted by Gasteiger charge is -1.85. The first kappa shape index (κ1) is 5.75. The Morgan fingerprint density at radius 3 is 2.20 bits per heavy atom. The van der Waals surface area contributed by atoms with Gasteiger partial charge in [-0.25, -0.2) is 4.20 Å². The van der Waals surface area contributed by atoms with Crippen LogP contribution in [0, 0.1) is 0 Å². The van der Waals surface area contributed by atoms with Gasteiger partial charge >= 0.3 is 0 Å². The largest absolute Gasteiger partial charge is 0.389 e. The maximum Gasteiger partial charge on any atom is 0.125 e. The van der Waals surface area contributed by atoms with Crippen LogP contribution in [0.3, 0.4) is 0 Å². The van der Waals surface area contributed by atoms with E-state index >= 15 is 0 Å². The number of rotatable bonds is 1. The molecule has 0 fully saturated rings. The van der Waals surface area contributed by atoms with E-state index in [0.29, 0.717) is 0 Å². The summed E-state index contributed by atoms with van der Waals surface area (Å²) in [6.07, 6.45) is -0.333. The van der Waals surface area contributed by atoms with Crippen LogP contribution in [0.1, 0.15) is 0 Å². The molecule has 0 amide bonds. The van der Waals surface area contributed by atoms with Gasteiger partial charge in [0.05, 0.1) is 6.35 Å². The van der Waals surface area contributed by atoms with Gasteiger partial charge < -0.3 is 5.11 Å². The summed E-state index contributed by atoms with van der Waals surface area (Å²) in [5.74, 6) is 0. The van der Waals surface area contributed by atoms with Crippen LogP contribution in [0.2, 0.25) is 0 Å². The predicted octanol–water partition coefficient (Wildman–Crippen LogP) is 1.09. The zero-order valence-electron chi connectivity index (χ0n) is 2.56. The van der Waals surface area contributed by atoms with Gasteiger partial charge in [0, 0.05) is 0 Å². The first-order chi connectivity index (χ1) is 2.27. The lowest BCUT2D eigenvalue weighted by atomic mass is 11.7. The fraction of sp³-hybridized carbons (Fsp3) is 1.00. The van der Waals surface area contributed by atoms with Crippen LogP contribution in [0.15, 0.2) is 0 Å². The molecule has 0 aliphatic carbocycles. The molecule has 2 unspecified atom stereocenters. The van der Waals surface area contributed by atoms with Gasteiger partial charge in [0.15, 0.2) is 0 Å². The van der Waals surface area contributed by atoms with E-state index in [2.05, 4.69) is 0 Å². The summed E-state index contributed by atoms with van der Waals surface area (Å²) >= 11 is 0. The Bertz CT molecular complexity index is 23.6. The lowest BCUT2D eigenvalue weighted by Crippen LogP contribution is -1.60. The second-order valence-corrected chi connectivity index (χ2v) is 3.30. The van der Waals surface area contributed by atoms with Crippen molar-refractivity contribution in [3.8, 4) is 0 Å². The molecule has 0 bridgehead atoms. The molecule has 0 aliphatic rings. The molecule has 0 aromatic rings. The van der Waals surface area contributed by atoms with Gasteiger partial charge in [0.1, 0.15) is 7.92 Å². The molecule has 0 saturated heterocycles. The molecule has 4 heteroatoms. The smallest absolute Gasteiger partial charge is 0.125 e. The first-order valence-corrected chi connectivity index (χ1v) is 4.10. The zero-order valence-corrected chi connectivity index (χ0v) is 4.61. The van der Waals surface area contributed by atoms with E-state index in [0.717, 1.165) is 0 Å². The van der Waals surface area contributed by atoms with E-state index in [-0.39, 0.29) is 6.35 Å². The highest BCUT2D eigenvalue weighted by Crippen LogP contribution is 2.44. The molecule has 0 aromatic heterocycles. The second kappa shape index (κ2) is 2.96. The van der Waals surface area contributed by atoms with Gasteiger partial charge in [0.2, 0.25) is 0 Å². The first-order valence-electron chi connectivity index (χ1n) is 1.06. The molecular weight excluding hydrogens is 109 g/mol. The molecule has 0 aliphatic heterocycles. The van der Waals surface area contributed by atoms with Crippen molar-refractivity contribution in [2.75, 3.05) is 6.35 Å². The third-order valence-electron chi connectivity index (χ3n) is 0.135. The molecule has 1 nitrogen and oxygen atoms in total. The standard InChI is InChI=1S/CH5FOP2/c2-5(4)1-3/h3H,1,4H2. The molecule has 32 valence electrons. The fourth-order valence-electron chi connectivity index (χ4n) is 0. The summed E-state index contributed by atoms with van der Waals surface area (Å²) in [5, 5.41) is 7.78. The summed E-state index contributed by atoms with van der Waals surface area (Å²) in [4.78, 5) is 0. The van der Waals surface area contributed by atoms with E-state index in [4.69, 9.17) is 5.11 Å². The average Bonchev–Trinajstić information content (AvgIpc) is 1.38. The minimum Gasteiger partial charge on any atom is -0.389 e.